The molecule has 1 aromatic carbocycles. The van der Waals surface area contributed by atoms with E-state index in [4.69, 9.17) is 17.3 Å². The smallest absolute Gasteiger partial charge is 0.312 e. The number of halogens is 2. The number of nitrogens with zero attached hydrogens (tertiary/aromatic N) is 2. The van der Waals surface area contributed by atoms with Crippen LogP contribution in [0.4, 0.5) is 9.18 Å². The Bertz CT molecular complexity index is 1120. The zero-order valence-electron chi connectivity index (χ0n) is 17.3. The molecule has 1 fully saturated rings. The summed E-state index contributed by atoms with van der Waals surface area (Å²) in [4.78, 5) is 29.5. The minimum absolute atomic E-state index is 0.0711. The van der Waals surface area contributed by atoms with Gasteiger partial charge >= 0.3 is 6.03 Å². The molecule has 0 aliphatic heterocycles. The molecule has 2 aromatic rings. The van der Waals surface area contributed by atoms with Crippen LogP contribution < -0.4 is 21.3 Å². The molecule has 0 saturated heterocycles. The molecule has 3 rings (SSSR count). The predicted molar refractivity (Wildman–Crippen MR) is 116 cm³/mol. The van der Waals surface area contributed by atoms with E-state index in [-0.39, 0.29) is 22.7 Å². The number of carbonyl (C=O) groups is 2. The number of amides is 3. The van der Waals surface area contributed by atoms with Gasteiger partial charge in [0.15, 0.2) is 5.82 Å². The Morgan fingerprint density at radius 1 is 1.28 bits per heavy atom. The van der Waals surface area contributed by atoms with Gasteiger partial charge in [0.05, 0.1) is 28.4 Å². The van der Waals surface area contributed by atoms with Crippen LogP contribution in [0, 0.1) is 11.7 Å². The molecule has 32 heavy (non-hydrogen) atoms. The maximum Gasteiger partial charge on any atom is 0.312 e. The van der Waals surface area contributed by atoms with Gasteiger partial charge in [-0.05, 0) is 43.7 Å². The lowest BCUT2D eigenvalue weighted by atomic mass is 9.87. The Kier molecular flexibility index (Phi) is 7.36. The van der Waals surface area contributed by atoms with Crippen LogP contribution in [0.3, 0.4) is 0 Å². The number of aromatic nitrogens is 2. The van der Waals surface area contributed by atoms with Gasteiger partial charge in [0.25, 0.3) is 5.91 Å². The molecule has 3 amide bonds. The molecule has 0 atom stereocenters. The molecule has 1 aliphatic rings. The van der Waals surface area contributed by atoms with Crippen LogP contribution in [-0.4, -0.2) is 41.7 Å². The third-order valence-corrected chi connectivity index (χ3v) is 6.84. The van der Waals surface area contributed by atoms with Crippen LogP contribution in [-0.2, 0) is 17.1 Å². The lowest BCUT2D eigenvalue weighted by Gasteiger charge is -2.28. The molecule has 0 spiro atoms. The third-order valence-electron chi connectivity index (χ3n) is 5.24. The van der Waals surface area contributed by atoms with E-state index in [0.717, 1.165) is 0 Å². The average molecular weight is 487 g/mol. The van der Waals surface area contributed by atoms with Gasteiger partial charge in [0.1, 0.15) is 0 Å². The van der Waals surface area contributed by atoms with E-state index in [0.29, 0.717) is 36.9 Å². The average Bonchev–Trinajstić information content (AvgIpc) is 3.15. The second-order valence-corrected chi connectivity index (χ2v) is 9.98. The van der Waals surface area contributed by atoms with Gasteiger partial charge in [-0.15, -0.1) is 4.83 Å². The second kappa shape index (κ2) is 9.84. The Balaban J connectivity index is 1.61. The highest BCUT2D eigenvalue weighted by Gasteiger charge is 2.27. The van der Waals surface area contributed by atoms with Gasteiger partial charge in [0.2, 0.25) is 10.0 Å². The SMILES string of the molecule is Cn1cnc(-c2cc(Cl)c(F)c(C(=O)NNS(=O)(=O)C[C@H]3CC[C@@H](NC(N)=O)CC3)c2)c1. The van der Waals surface area contributed by atoms with Crippen LogP contribution in [0.5, 0.6) is 0 Å². The molecule has 10 nitrogen and oxygen atoms in total. The molecule has 0 radical (unpaired) electrons. The first-order valence-corrected chi connectivity index (χ1v) is 11.9. The summed E-state index contributed by atoms with van der Waals surface area (Å²) in [6.07, 6.45) is 5.59. The molecular weight excluding hydrogens is 463 g/mol. The molecule has 0 bridgehead atoms. The van der Waals surface area contributed by atoms with Crippen molar-refractivity contribution in [2.75, 3.05) is 5.75 Å². The highest BCUT2D eigenvalue weighted by Crippen LogP contribution is 2.27. The topological polar surface area (TPSA) is 148 Å². The van der Waals surface area contributed by atoms with Crippen molar-refractivity contribution < 1.29 is 22.4 Å². The van der Waals surface area contributed by atoms with Crippen molar-refractivity contribution in [1.29, 1.82) is 0 Å². The zero-order valence-corrected chi connectivity index (χ0v) is 18.8. The zero-order chi connectivity index (χ0) is 23.5. The van der Waals surface area contributed by atoms with Gasteiger partial charge in [-0.3, -0.25) is 10.2 Å². The summed E-state index contributed by atoms with van der Waals surface area (Å²) in [6, 6.07) is 1.91. The van der Waals surface area contributed by atoms with E-state index >= 15 is 0 Å². The number of aryl methyl sites for hydroxylation is 1. The minimum atomic E-state index is -3.87. The van der Waals surface area contributed by atoms with Crippen LogP contribution in [0.25, 0.3) is 11.3 Å². The Morgan fingerprint density at radius 2 is 1.97 bits per heavy atom. The van der Waals surface area contributed by atoms with Crippen LogP contribution in [0.15, 0.2) is 24.7 Å². The van der Waals surface area contributed by atoms with E-state index in [1.807, 2.05) is 10.3 Å². The number of hydrazine groups is 1. The third kappa shape index (κ3) is 6.17. The first-order chi connectivity index (χ1) is 15.0. The van der Waals surface area contributed by atoms with Crippen molar-refractivity contribution in [1.82, 2.24) is 25.1 Å². The molecular formula is C19H24ClFN6O4S. The number of benzene rings is 1. The van der Waals surface area contributed by atoms with E-state index < -0.39 is 33.3 Å². The molecule has 1 saturated carbocycles. The largest absolute Gasteiger partial charge is 0.352 e. The Hall–Kier alpha value is -2.70. The van der Waals surface area contributed by atoms with Crippen molar-refractivity contribution >= 4 is 33.6 Å². The number of hydrogen-bond donors (Lipinski definition) is 4. The molecule has 174 valence electrons. The van der Waals surface area contributed by atoms with E-state index in [9.17, 15) is 22.4 Å². The number of carbonyl (C=O) groups excluding carboxylic acids is 2. The Morgan fingerprint density at radius 3 is 2.56 bits per heavy atom. The summed E-state index contributed by atoms with van der Waals surface area (Å²) in [7, 11) is -2.12. The minimum Gasteiger partial charge on any atom is -0.352 e. The van der Waals surface area contributed by atoms with E-state index in [2.05, 4.69) is 10.3 Å². The standard InChI is InChI=1S/C19H24ClFN6O4S/c1-27-8-16(23-10-27)12-6-14(17(21)15(20)7-12)18(28)25-26-32(30,31)9-11-2-4-13(5-3-11)24-19(22)29/h6-8,10-11,13,26H,2-5,9H2,1H3,(H,25,28)(H3,22,24,29)/t11-,13+. The van der Waals surface area contributed by atoms with Gasteiger partial charge in [-0.25, -0.2) is 22.6 Å². The number of sulfonamides is 1. The lowest BCUT2D eigenvalue weighted by Crippen LogP contribution is -2.45. The summed E-state index contributed by atoms with van der Waals surface area (Å²) in [5.74, 6) is -2.31. The lowest BCUT2D eigenvalue weighted by molar-refractivity contribution is 0.0941. The van der Waals surface area contributed by atoms with Crippen LogP contribution in [0.1, 0.15) is 36.0 Å². The van der Waals surface area contributed by atoms with Crippen molar-refractivity contribution in [3.8, 4) is 11.3 Å². The molecule has 13 heteroatoms. The van der Waals surface area contributed by atoms with Crippen molar-refractivity contribution in [2.24, 2.45) is 18.7 Å². The predicted octanol–water partition coefficient (Wildman–Crippen LogP) is 1.67. The van der Waals surface area contributed by atoms with Gasteiger partial charge < -0.3 is 15.6 Å². The van der Waals surface area contributed by atoms with Crippen molar-refractivity contribution in [3.63, 3.8) is 0 Å². The van der Waals surface area contributed by atoms with Gasteiger partial charge in [-0.2, -0.15) is 0 Å². The number of imidazole rings is 1. The van der Waals surface area contributed by atoms with Crippen molar-refractivity contribution in [2.45, 2.75) is 31.7 Å². The number of nitrogens with two attached hydrogens (primary N) is 1. The molecule has 5 N–H and O–H groups in total. The number of rotatable bonds is 7. The first-order valence-electron chi connectivity index (χ1n) is 9.87. The quantitative estimate of drug-likeness (QED) is 0.439. The summed E-state index contributed by atoms with van der Waals surface area (Å²) in [6.45, 7) is 0. The second-order valence-electron chi connectivity index (χ2n) is 7.81. The summed E-state index contributed by atoms with van der Waals surface area (Å²) < 4.78 is 40.9. The molecule has 0 unspecified atom stereocenters. The fourth-order valence-electron chi connectivity index (χ4n) is 3.68. The van der Waals surface area contributed by atoms with Gasteiger partial charge in [-0.1, -0.05) is 11.6 Å². The van der Waals surface area contributed by atoms with Crippen LogP contribution >= 0.6 is 11.6 Å². The number of urea groups is 1. The van der Waals surface area contributed by atoms with Crippen LogP contribution in [0.2, 0.25) is 5.02 Å². The maximum absolute atomic E-state index is 14.4. The highest BCUT2D eigenvalue weighted by atomic mass is 35.5. The Labute approximate surface area is 189 Å². The normalized spacial score (nSPS) is 18.8. The van der Waals surface area contributed by atoms with E-state index in [1.54, 1.807) is 17.8 Å². The summed E-state index contributed by atoms with van der Waals surface area (Å²) in [5, 5.41) is 2.33. The number of nitrogens with one attached hydrogen (secondary N) is 3. The molecule has 1 heterocycles. The fraction of sp³-hybridized carbons (Fsp3) is 0.421. The fourth-order valence-corrected chi connectivity index (χ4v) is 5.19. The maximum atomic E-state index is 14.4. The number of primary amides is 1. The molecule has 1 aliphatic carbocycles. The molecule has 1 aromatic heterocycles. The van der Waals surface area contributed by atoms with E-state index in [1.165, 1.54) is 18.5 Å². The first kappa shape index (κ1) is 24.0. The highest BCUT2D eigenvalue weighted by molar-refractivity contribution is 7.89. The summed E-state index contributed by atoms with van der Waals surface area (Å²) in [5.41, 5.74) is 7.61. The number of hydrogen-bond acceptors (Lipinski definition) is 5. The van der Waals surface area contributed by atoms with Gasteiger partial charge in [0, 0.05) is 24.8 Å². The van der Waals surface area contributed by atoms with Crippen molar-refractivity contribution in [3.05, 3.63) is 41.1 Å². The monoisotopic (exact) mass is 486 g/mol. The summed E-state index contributed by atoms with van der Waals surface area (Å²) >= 11 is 5.92.